The Bertz CT molecular complexity index is 3640. The van der Waals surface area contributed by atoms with Gasteiger partial charge in [0.1, 0.15) is 45.5 Å². The fourth-order valence-electron chi connectivity index (χ4n) is 8.77. The molecule has 0 unspecified atom stereocenters. The predicted octanol–water partition coefficient (Wildman–Crippen LogP) is 9.81. The summed E-state index contributed by atoms with van der Waals surface area (Å²) >= 11 is 13.0. The maximum atomic E-state index is 13.2. The van der Waals surface area contributed by atoms with Crippen molar-refractivity contribution in [2.24, 2.45) is 10.8 Å². The Morgan fingerprint density at radius 1 is 0.471 bits per heavy atom. The van der Waals surface area contributed by atoms with Crippen molar-refractivity contribution in [2.75, 3.05) is 48.7 Å². The van der Waals surface area contributed by atoms with Crippen LogP contribution in [-0.2, 0) is 28.8 Å². The van der Waals surface area contributed by atoms with Gasteiger partial charge in [-0.05, 0) is 161 Å². The molecule has 0 bridgehead atoms. The van der Waals surface area contributed by atoms with Crippen LogP contribution in [0.4, 0.5) is 31.5 Å². The molecule has 0 atom stereocenters. The zero-order valence-corrected chi connectivity index (χ0v) is 50.3. The molecule has 444 valence electrons. The third-order valence-electron chi connectivity index (χ3n) is 13.8. The zero-order chi connectivity index (χ0) is 61.1. The maximum Gasteiger partial charge on any atom is 2.00 e. The molecule has 6 aromatic carbocycles. The molecule has 0 radical (unpaired) electrons. The summed E-state index contributed by atoms with van der Waals surface area (Å²) in [5.41, 5.74) is 0.197. The Labute approximate surface area is 535 Å². The van der Waals surface area contributed by atoms with Gasteiger partial charge < -0.3 is 69.5 Å². The number of halogens is 4. The van der Waals surface area contributed by atoms with Crippen molar-refractivity contribution in [3.63, 3.8) is 0 Å². The second-order valence-corrected chi connectivity index (χ2v) is 20.6. The average Bonchev–Trinajstić information content (AvgIpc) is 1.76. The molecule has 2 fully saturated rings. The number of amides is 4. The molecular weight excluding hydrogens is 1200 g/mol. The summed E-state index contributed by atoms with van der Waals surface area (Å²) < 4.78 is 60.8. The summed E-state index contributed by atoms with van der Waals surface area (Å²) in [4.78, 5) is 81.8. The van der Waals surface area contributed by atoms with E-state index in [1.807, 2.05) is 0 Å². The topological polar surface area (TPSA) is 278 Å². The number of carboxylic acids is 2. The molecule has 87 heavy (non-hydrogen) atoms. The normalized spacial score (nSPS) is 13.0. The predicted molar refractivity (Wildman–Crippen MR) is 316 cm³/mol. The fourth-order valence-corrected chi connectivity index (χ4v) is 9.21. The van der Waals surface area contributed by atoms with Gasteiger partial charge >= 0.3 is 37.7 Å². The number of carbonyl (C=O) groups excluding carboxylic acids is 6. The molecule has 0 saturated heterocycles. The number of methoxy groups -OCH3 is 2. The van der Waals surface area contributed by atoms with E-state index in [-0.39, 0.29) is 86.7 Å². The number of anilines is 4. The number of nitrogens with zero attached hydrogens (tertiary/aromatic N) is 2. The minimum atomic E-state index is -1.22. The van der Waals surface area contributed by atoms with Crippen LogP contribution < -0.4 is 59.9 Å². The zero-order valence-electron chi connectivity index (χ0n) is 46.6. The van der Waals surface area contributed by atoms with E-state index in [0.29, 0.717) is 116 Å². The Morgan fingerprint density at radius 2 is 0.816 bits per heavy atom. The van der Waals surface area contributed by atoms with E-state index in [0.717, 1.165) is 0 Å². The largest absolute Gasteiger partial charge is 2.00 e. The van der Waals surface area contributed by atoms with Crippen LogP contribution in [0.1, 0.15) is 51.4 Å². The standard InChI is InChI=1S/2C31H27ClFN3O7.Ca/c2*1-41-26-16-21-23(17-27(26)42-14-2-3-28(37)38)34-13-10-24(21)43-25-9-8-20(15-22(25)32)36-30(40)31(11-12-31)29(39)35-19-6-4-18(33)5-7-19;/h2*4-10,13,15-17H,2-3,11-12,14H2,1H3,(H,35,39)(H,36,40)(H,37,38);/q;;+2/p-2. The van der Waals surface area contributed by atoms with Gasteiger partial charge in [-0.3, -0.25) is 29.1 Å². The Balaban J connectivity index is 0.000000223. The number of pyridine rings is 2. The number of aromatic nitrogens is 2. The molecule has 2 aliphatic carbocycles. The van der Waals surface area contributed by atoms with E-state index >= 15 is 0 Å². The van der Waals surface area contributed by atoms with Crippen LogP contribution in [0, 0.1) is 22.5 Å². The first-order valence-corrected chi connectivity index (χ1v) is 27.4. The van der Waals surface area contributed by atoms with Gasteiger partial charge in [-0.25, -0.2) is 8.78 Å². The molecule has 20 nitrogen and oxygen atoms in total. The van der Waals surface area contributed by atoms with Gasteiger partial charge in [0.15, 0.2) is 23.0 Å². The van der Waals surface area contributed by atoms with Crippen LogP contribution in [0.15, 0.2) is 134 Å². The molecule has 0 spiro atoms. The fraction of sp³-hybridized carbons (Fsp3) is 0.226. The number of benzene rings is 6. The van der Waals surface area contributed by atoms with Crippen molar-refractivity contribution >= 4 is 141 Å². The van der Waals surface area contributed by atoms with E-state index in [2.05, 4.69) is 31.2 Å². The smallest absolute Gasteiger partial charge is 0.550 e. The maximum absolute atomic E-state index is 13.2. The minimum absolute atomic E-state index is 0. The van der Waals surface area contributed by atoms with Crippen molar-refractivity contribution in [1.82, 2.24) is 9.97 Å². The number of carbonyl (C=O) groups is 6. The number of nitrogens with one attached hydrogen (secondary N) is 4. The van der Waals surface area contributed by atoms with Crippen molar-refractivity contribution < 1.29 is 76.2 Å². The van der Waals surface area contributed by atoms with E-state index in [1.165, 1.54) is 74.9 Å². The van der Waals surface area contributed by atoms with Gasteiger partial charge in [0, 0.05) is 70.0 Å². The molecule has 2 heterocycles. The molecule has 0 aliphatic heterocycles. The number of rotatable bonds is 24. The summed E-state index contributed by atoms with van der Waals surface area (Å²) in [6.07, 6.45) is 4.94. The summed E-state index contributed by atoms with van der Waals surface area (Å²) in [5, 5.41) is 33.8. The third-order valence-corrected chi connectivity index (χ3v) is 14.4. The summed E-state index contributed by atoms with van der Waals surface area (Å²) in [7, 11) is 2.96. The average molecular weight is 1250 g/mol. The van der Waals surface area contributed by atoms with Crippen LogP contribution in [-0.4, -0.2) is 111 Å². The van der Waals surface area contributed by atoms with Gasteiger partial charge in [0.2, 0.25) is 23.6 Å². The van der Waals surface area contributed by atoms with Crippen LogP contribution in [0.3, 0.4) is 0 Å². The SMILES string of the molecule is COc1cc2c(Oc3ccc(NC(=O)C4(C(=O)Nc5ccc(F)cc5)CC4)cc3Cl)ccnc2cc1OCCCC(=O)[O-].COc1cc2c(Oc3ccc(NC(=O)C4(C(=O)Nc5ccc(F)cc5)CC4)cc3Cl)ccnc2cc1OCCCC(=O)[O-].[Ca+2]. The van der Waals surface area contributed by atoms with Crippen LogP contribution >= 0.6 is 23.2 Å². The van der Waals surface area contributed by atoms with Crippen molar-refractivity contribution in [1.29, 1.82) is 0 Å². The summed E-state index contributed by atoms with van der Waals surface area (Å²) in [6, 6.07) is 30.1. The molecule has 2 aliphatic rings. The number of hydrogen-bond acceptors (Lipinski definition) is 16. The van der Waals surface area contributed by atoms with Gasteiger partial charge in [-0.1, -0.05) is 23.2 Å². The number of ether oxygens (including phenoxy) is 6. The molecule has 2 aromatic heterocycles. The summed E-state index contributed by atoms with van der Waals surface area (Å²) in [5.74, 6) is -1.94. The Hall–Kier alpha value is -8.54. The monoisotopic (exact) mass is 1250 g/mol. The van der Waals surface area contributed by atoms with E-state index in [4.69, 9.17) is 51.6 Å². The second-order valence-electron chi connectivity index (χ2n) is 19.8. The number of carboxylic acid groups (broad SMARTS) is 2. The molecule has 10 rings (SSSR count). The second kappa shape index (κ2) is 28.8. The number of hydrogen-bond donors (Lipinski definition) is 4. The molecule has 8 aromatic rings. The molecular formula is C62H52CaCl2F2N6O14. The number of aliphatic carboxylic acids is 2. The quantitative estimate of drug-likeness (QED) is 0.0249. The van der Waals surface area contributed by atoms with Crippen LogP contribution in [0.25, 0.3) is 21.8 Å². The van der Waals surface area contributed by atoms with Gasteiger partial charge in [0.05, 0.1) is 48.5 Å². The van der Waals surface area contributed by atoms with Crippen LogP contribution in [0.2, 0.25) is 10.0 Å². The first kappa shape index (κ1) is 64.5. The van der Waals surface area contributed by atoms with Gasteiger partial charge in [-0.15, -0.1) is 0 Å². The molecule has 25 heteroatoms. The van der Waals surface area contributed by atoms with Crippen LogP contribution in [0.5, 0.6) is 46.0 Å². The minimum Gasteiger partial charge on any atom is -0.550 e. The van der Waals surface area contributed by atoms with Crippen molar-refractivity contribution in [2.45, 2.75) is 51.4 Å². The van der Waals surface area contributed by atoms with Crippen molar-refractivity contribution in [3.8, 4) is 46.0 Å². The molecule has 2 saturated carbocycles. The van der Waals surface area contributed by atoms with Crippen molar-refractivity contribution in [3.05, 3.63) is 155 Å². The number of fused-ring (bicyclic) bond motifs is 2. The Morgan fingerprint density at radius 3 is 1.14 bits per heavy atom. The molecule has 4 amide bonds. The first-order valence-electron chi connectivity index (χ1n) is 26.7. The first-order chi connectivity index (χ1) is 41.4. The van der Waals surface area contributed by atoms with E-state index in [1.54, 1.807) is 73.1 Å². The summed E-state index contributed by atoms with van der Waals surface area (Å²) in [6.45, 7) is 0.315. The molecule has 4 N–H and O–H groups in total. The van der Waals surface area contributed by atoms with Gasteiger partial charge in [0.25, 0.3) is 0 Å². The van der Waals surface area contributed by atoms with E-state index in [9.17, 15) is 47.8 Å². The van der Waals surface area contributed by atoms with E-state index < -0.39 is 58.0 Å². The Kier molecular flexibility index (Phi) is 21.3. The van der Waals surface area contributed by atoms with Gasteiger partial charge in [-0.2, -0.15) is 0 Å². The third kappa shape index (κ3) is 16.1.